The minimum Gasteiger partial charge on any atom is -0.465 e. The first-order valence-electron chi connectivity index (χ1n) is 5.11. The van der Waals surface area contributed by atoms with Crippen molar-refractivity contribution in [1.29, 1.82) is 0 Å². The Kier molecular flexibility index (Phi) is 2.72. The maximum atomic E-state index is 10.4. The van der Waals surface area contributed by atoms with E-state index >= 15 is 0 Å². The molecule has 1 saturated heterocycles. The summed E-state index contributed by atoms with van der Waals surface area (Å²) in [6, 6.07) is 0. The lowest BCUT2D eigenvalue weighted by molar-refractivity contribution is 0.188. The predicted molar refractivity (Wildman–Crippen MR) is 53.1 cm³/mol. The second-order valence-corrected chi connectivity index (χ2v) is 4.10. The van der Waals surface area contributed by atoms with Crippen LogP contribution in [-0.4, -0.2) is 30.8 Å². The molecule has 78 valence electrons. The highest BCUT2D eigenvalue weighted by molar-refractivity contribution is 5.64. The van der Waals surface area contributed by atoms with Gasteiger partial charge in [-0.25, -0.2) is 4.79 Å². The van der Waals surface area contributed by atoms with Gasteiger partial charge in [-0.15, -0.1) is 0 Å². The Morgan fingerprint density at radius 3 is 3.21 bits per heavy atom. The number of carbonyl (C=O) groups is 1. The van der Waals surface area contributed by atoms with E-state index in [9.17, 15) is 4.79 Å². The molecule has 1 aliphatic carbocycles. The summed E-state index contributed by atoms with van der Waals surface area (Å²) in [4.78, 5) is 10.4. The number of amides is 1. The molecule has 4 heteroatoms. The van der Waals surface area contributed by atoms with E-state index in [4.69, 9.17) is 5.11 Å². The molecule has 0 aromatic heterocycles. The van der Waals surface area contributed by atoms with Crippen LogP contribution in [0.15, 0.2) is 12.2 Å². The van der Waals surface area contributed by atoms with E-state index in [0.29, 0.717) is 24.3 Å². The molecule has 3 N–H and O–H groups in total. The highest BCUT2D eigenvalue weighted by Gasteiger charge is 2.33. The average Bonchev–Trinajstić information content (AvgIpc) is 2.62. The molecular formula is C10H16N2O2. The lowest BCUT2D eigenvalue weighted by atomic mass is 9.78. The van der Waals surface area contributed by atoms with E-state index in [1.54, 1.807) is 0 Å². The van der Waals surface area contributed by atoms with Crippen molar-refractivity contribution in [3.05, 3.63) is 12.2 Å². The van der Waals surface area contributed by atoms with Crippen molar-refractivity contribution in [3.63, 3.8) is 0 Å². The van der Waals surface area contributed by atoms with E-state index in [1.807, 2.05) is 0 Å². The van der Waals surface area contributed by atoms with Crippen LogP contribution in [0.4, 0.5) is 4.79 Å². The molecule has 0 aromatic carbocycles. The maximum absolute atomic E-state index is 10.4. The van der Waals surface area contributed by atoms with Crippen molar-refractivity contribution in [2.24, 2.45) is 17.8 Å². The van der Waals surface area contributed by atoms with Crippen LogP contribution >= 0.6 is 0 Å². The van der Waals surface area contributed by atoms with Crippen LogP contribution in [0.2, 0.25) is 0 Å². The molecule has 0 aromatic rings. The van der Waals surface area contributed by atoms with Crippen molar-refractivity contribution in [1.82, 2.24) is 10.6 Å². The van der Waals surface area contributed by atoms with Crippen LogP contribution < -0.4 is 10.6 Å². The van der Waals surface area contributed by atoms with Gasteiger partial charge in [-0.3, -0.25) is 0 Å². The van der Waals surface area contributed by atoms with Crippen LogP contribution in [0.5, 0.6) is 0 Å². The SMILES string of the molecule is O=C(O)NC[C@@H]1CC=C[C@@H]2CNC[C@@H]12. The molecule has 1 amide bonds. The Labute approximate surface area is 83.4 Å². The highest BCUT2D eigenvalue weighted by Crippen LogP contribution is 2.32. The molecule has 0 unspecified atom stereocenters. The monoisotopic (exact) mass is 196 g/mol. The summed E-state index contributed by atoms with van der Waals surface area (Å²) in [5.41, 5.74) is 0. The molecule has 3 atom stereocenters. The lowest BCUT2D eigenvalue weighted by Gasteiger charge is -2.28. The standard InChI is InChI=1S/C10H16N2O2/c13-10(14)12-5-8-3-1-2-7-4-11-6-9(7)8/h1-2,7-9,11-12H,3-6H2,(H,13,14)/t7-,8+,9-/m1/s1. The summed E-state index contributed by atoms with van der Waals surface area (Å²) in [6.45, 7) is 2.66. The van der Waals surface area contributed by atoms with Gasteiger partial charge in [-0.05, 0) is 30.7 Å². The molecule has 1 heterocycles. The Morgan fingerprint density at radius 1 is 1.57 bits per heavy atom. The van der Waals surface area contributed by atoms with Crippen LogP contribution in [-0.2, 0) is 0 Å². The number of fused-ring (bicyclic) bond motifs is 1. The number of allylic oxidation sites excluding steroid dienone is 1. The van der Waals surface area contributed by atoms with E-state index in [2.05, 4.69) is 22.8 Å². The van der Waals surface area contributed by atoms with Crippen molar-refractivity contribution < 1.29 is 9.90 Å². The van der Waals surface area contributed by atoms with Crippen LogP contribution in [0, 0.1) is 17.8 Å². The third-order valence-electron chi connectivity index (χ3n) is 3.25. The Balaban J connectivity index is 1.92. The fraction of sp³-hybridized carbons (Fsp3) is 0.700. The first-order valence-corrected chi connectivity index (χ1v) is 5.11. The van der Waals surface area contributed by atoms with E-state index in [0.717, 1.165) is 19.5 Å². The van der Waals surface area contributed by atoms with Crippen molar-refractivity contribution in [2.45, 2.75) is 6.42 Å². The molecule has 0 saturated carbocycles. The van der Waals surface area contributed by atoms with E-state index in [1.165, 1.54) is 0 Å². The number of rotatable bonds is 2. The summed E-state index contributed by atoms with van der Waals surface area (Å²) in [5, 5.41) is 14.4. The summed E-state index contributed by atoms with van der Waals surface area (Å²) < 4.78 is 0. The third kappa shape index (κ3) is 1.90. The quantitative estimate of drug-likeness (QED) is 0.569. The molecular weight excluding hydrogens is 180 g/mol. The van der Waals surface area contributed by atoms with E-state index < -0.39 is 6.09 Å². The van der Waals surface area contributed by atoms with Crippen molar-refractivity contribution >= 4 is 6.09 Å². The number of nitrogens with one attached hydrogen (secondary N) is 2. The second kappa shape index (κ2) is 4.00. The normalized spacial score (nSPS) is 35.3. The van der Waals surface area contributed by atoms with Crippen LogP contribution in [0.3, 0.4) is 0 Å². The number of hydrogen-bond donors (Lipinski definition) is 3. The molecule has 2 rings (SSSR count). The molecule has 0 bridgehead atoms. The van der Waals surface area contributed by atoms with Gasteiger partial charge in [0.05, 0.1) is 0 Å². The minimum absolute atomic E-state index is 0.469. The maximum Gasteiger partial charge on any atom is 0.404 e. The Morgan fingerprint density at radius 2 is 2.43 bits per heavy atom. The zero-order valence-corrected chi connectivity index (χ0v) is 8.07. The van der Waals surface area contributed by atoms with Gasteiger partial charge in [0, 0.05) is 13.1 Å². The van der Waals surface area contributed by atoms with Gasteiger partial charge in [0.2, 0.25) is 0 Å². The fourth-order valence-corrected chi connectivity index (χ4v) is 2.50. The van der Waals surface area contributed by atoms with Gasteiger partial charge in [0.25, 0.3) is 0 Å². The minimum atomic E-state index is -0.915. The molecule has 1 fully saturated rings. The average molecular weight is 196 g/mol. The smallest absolute Gasteiger partial charge is 0.404 e. The molecule has 4 nitrogen and oxygen atoms in total. The van der Waals surface area contributed by atoms with Gasteiger partial charge in [0.1, 0.15) is 0 Å². The summed E-state index contributed by atoms with van der Waals surface area (Å²) in [5.74, 6) is 1.70. The fourth-order valence-electron chi connectivity index (χ4n) is 2.50. The third-order valence-corrected chi connectivity index (χ3v) is 3.25. The van der Waals surface area contributed by atoms with Crippen molar-refractivity contribution in [2.75, 3.05) is 19.6 Å². The van der Waals surface area contributed by atoms with E-state index in [-0.39, 0.29) is 0 Å². The van der Waals surface area contributed by atoms with Crippen LogP contribution in [0.1, 0.15) is 6.42 Å². The summed E-state index contributed by atoms with van der Waals surface area (Å²) >= 11 is 0. The molecule has 14 heavy (non-hydrogen) atoms. The second-order valence-electron chi connectivity index (χ2n) is 4.10. The first-order chi connectivity index (χ1) is 6.77. The van der Waals surface area contributed by atoms with Gasteiger partial charge in [-0.2, -0.15) is 0 Å². The largest absolute Gasteiger partial charge is 0.465 e. The van der Waals surface area contributed by atoms with Crippen LogP contribution in [0.25, 0.3) is 0 Å². The zero-order chi connectivity index (χ0) is 9.97. The lowest BCUT2D eigenvalue weighted by Crippen LogP contribution is -2.35. The molecule has 0 radical (unpaired) electrons. The molecule has 2 aliphatic rings. The van der Waals surface area contributed by atoms with Gasteiger partial charge >= 0.3 is 6.09 Å². The molecule has 1 aliphatic heterocycles. The topological polar surface area (TPSA) is 61.4 Å². The Bertz CT molecular complexity index is 253. The van der Waals surface area contributed by atoms with Gasteiger partial charge in [-0.1, -0.05) is 12.2 Å². The predicted octanol–water partition coefficient (Wildman–Crippen LogP) is 0.666. The molecule has 0 spiro atoms. The number of hydrogen-bond acceptors (Lipinski definition) is 2. The summed E-state index contributed by atoms with van der Waals surface area (Å²) in [6.07, 6.45) is 4.54. The van der Waals surface area contributed by atoms with Gasteiger partial charge < -0.3 is 15.7 Å². The first kappa shape index (κ1) is 9.52. The van der Waals surface area contributed by atoms with Crippen molar-refractivity contribution in [3.8, 4) is 0 Å². The Hall–Kier alpha value is -1.03. The summed E-state index contributed by atoms with van der Waals surface area (Å²) in [7, 11) is 0. The highest BCUT2D eigenvalue weighted by atomic mass is 16.4. The number of carboxylic acid groups (broad SMARTS) is 1. The van der Waals surface area contributed by atoms with Gasteiger partial charge in [0.15, 0.2) is 0 Å². The zero-order valence-electron chi connectivity index (χ0n) is 8.07.